The van der Waals surface area contributed by atoms with Gasteiger partial charge in [0.15, 0.2) is 5.82 Å². The van der Waals surface area contributed by atoms with Crippen molar-refractivity contribution in [2.75, 3.05) is 6.54 Å². The molecular weight excluding hydrogens is 489 g/mol. The maximum atomic E-state index is 15.6. The van der Waals surface area contributed by atoms with Crippen molar-refractivity contribution in [2.45, 2.75) is 64.5 Å². The van der Waals surface area contributed by atoms with Crippen molar-refractivity contribution in [2.24, 2.45) is 0 Å². The predicted octanol–water partition coefficient (Wildman–Crippen LogP) is 4.67. The first kappa shape index (κ1) is 29.0. The summed E-state index contributed by atoms with van der Waals surface area (Å²) in [5.41, 5.74) is -8.55. The fourth-order valence-corrected chi connectivity index (χ4v) is 3.35. The quantitative estimate of drug-likeness (QED) is 0.484. The van der Waals surface area contributed by atoms with E-state index < -0.39 is 70.0 Å². The minimum Gasteiger partial charge on any atom is -0.444 e. The Morgan fingerprint density at radius 1 is 1.03 bits per heavy atom. The van der Waals surface area contributed by atoms with E-state index in [0.717, 1.165) is 31.2 Å². The predicted molar refractivity (Wildman–Crippen MR) is 121 cm³/mol. The van der Waals surface area contributed by atoms with Gasteiger partial charge in [0.25, 0.3) is 0 Å². The molecule has 198 valence electrons. The van der Waals surface area contributed by atoms with E-state index in [9.17, 15) is 32.3 Å². The molecule has 12 heteroatoms. The molecule has 1 aromatic carbocycles. The van der Waals surface area contributed by atoms with Crippen LogP contribution in [0.5, 0.6) is 0 Å². The Balaban J connectivity index is 2.75. The van der Waals surface area contributed by atoms with Crippen molar-refractivity contribution < 1.29 is 41.4 Å². The van der Waals surface area contributed by atoms with Crippen LogP contribution >= 0.6 is 0 Å². The summed E-state index contributed by atoms with van der Waals surface area (Å²) < 4.78 is 76.6. The van der Waals surface area contributed by atoms with Crippen LogP contribution < -0.4 is 10.6 Å². The van der Waals surface area contributed by atoms with Crippen LogP contribution in [0.15, 0.2) is 30.3 Å². The SMILES string of the molecule is CC(=O)NC(C)(C)c1cc(C(O)(CNC(=O)OC(C)(C)C)C(F)(F)F)nc(-c2ccc(F)cc2)c1F. The molecule has 0 spiro atoms. The van der Waals surface area contributed by atoms with Gasteiger partial charge in [0.05, 0.1) is 17.8 Å². The van der Waals surface area contributed by atoms with Gasteiger partial charge in [-0.15, -0.1) is 0 Å². The van der Waals surface area contributed by atoms with Crippen molar-refractivity contribution in [3.63, 3.8) is 0 Å². The van der Waals surface area contributed by atoms with Crippen LogP contribution in [0.4, 0.5) is 26.7 Å². The summed E-state index contributed by atoms with van der Waals surface area (Å²) in [6, 6.07) is 4.79. The molecule has 0 fully saturated rings. The number of nitrogens with one attached hydrogen (secondary N) is 2. The lowest BCUT2D eigenvalue weighted by molar-refractivity contribution is -0.265. The zero-order valence-corrected chi connectivity index (χ0v) is 20.6. The number of hydrogen-bond donors (Lipinski definition) is 3. The van der Waals surface area contributed by atoms with E-state index in [2.05, 4.69) is 10.3 Å². The van der Waals surface area contributed by atoms with Crippen LogP contribution in [-0.4, -0.2) is 40.4 Å². The second-order valence-corrected chi connectivity index (χ2v) is 9.74. The average molecular weight is 517 g/mol. The van der Waals surface area contributed by atoms with Gasteiger partial charge < -0.3 is 20.5 Å². The van der Waals surface area contributed by atoms with Gasteiger partial charge >= 0.3 is 12.3 Å². The molecule has 1 aromatic heterocycles. The van der Waals surface area contributed by atoms with Crippen LogP contribution in [0, 0.1) is 11.6 Å². The molecule has 0 saturated carbocycles. The Hall–Kier alpha value is -3.28. The number of rotatable bonds is 6. The highest BCUT2D eigenvalue weighted by Gasteiger charge is 2.57. The van der Waals surface area contributed by atoms with Gasteiger partial charge in [-0.25, -0.2) is 18.6 Å². The average Bonchev–Trinajstić information content (AvgIpc) is 2.69. The molecule has 0 bridgehead atoms. The molecule has 0 radical (unpaired) electrons. The Morgan fingerprint density at radius 3 is 2.06 bits per heavy atom. The highest BCUT2D eigenvalue weighted by molar-refractivity contribution is 5.74. The number of pyridine rings is 1. The van der Waals surface area contributed by atoms with Crippen LogP contribution in [0.3, 0.4) is 0 Å². The zero-order valence-electron chi connectivity index (χ0n) is 20.6. The van der Waals surface area contributed by atoms with E-state index in [-0.39, 0.29) is 5.56 Å². The number of hydrogen-bond acceptors (Lipinski definition) is 5. The second kappa shape index (κ2) is 10.00. The molecule has 36 heavy (non-hydrogen) atoms. The lowest BCUT2D eigenvalue weighted by Gasteiger charge is -2.33. The number of alkyl halides is 3. The van der Waals surface area contributed by atoms with Crippen LogP contribution in [0.25, 0.3) is 11.3 Å². The molecule has 2 amide bonds. The third-order valence-corrected chi connectivity index (χ3v) is 5.02. The number of alkyl carbamates (subject to hydrolysis) is 1. The zero-order chi connectivity index (χ0) is 27.7. The Morgan fingerprint density at radius 2 is 1.58 bits per heavy atom. The lowest BCUT2D eigenvalue weighted by Crippen LogP contribution is -2.52. The van der Waals surface area contributed by atoms with Gasteiger partial charge in [-0.2, -0.15) is 13.2 Å². The number of aliphatic hydroxyl groups is 1. The Bertz CT molecular complexity index is 1130. The van der Waals surface area contributed by atoms with Crippen molar-refractivity contribution in [1.29, 1.82) is 0 Å². The minimum absolute atomic E-state index is 0.0831. The van der Waals surface area contributed by atoms with E-state index in [1.165, 1.54) is 34.6 Å². The van der Waals surface area contributed by atoms with Crippen LogP contribution in [0.2, 0.25) is 0 Å². The van der Waals surface area contributed by atoms with Gasteiger partial charge in [0, 0.05) is 18.1 Å². The van der Waals surface area contributed by atoms with Gasteiger partial charge in [0.2, 0.25) is 11.5 Å². The highest BCUT2D eigenvalue weighted by Crippen LogP contribution is 2.41. The second-order valence-electron chi connectivity index (χ2n) is 9.74. The summed E-state index contributed by atoms with van der Waals surface area (Å²) in [6.07, 6.45) is -6.62. The topological polar surface area (TPSA) is 101 Å². The summed E-state index contributed by atoms with van der Waals surface area (Å²) in [4.78, 5) is 27.4. The lowest BCUT2D eigenvalue weighted by atomic mass is 9.88. The maximum Gasteiger partial charge on any atom is 0.424 e. The molecule has 1 unspecified atom stereocenters. The van der Waals surface area contributed by atoms with Gasteiger partial charge in [-0.05, 0) is 65.0 Å². The number of halogens is 5. The monoisotopic (exact) mass is 517 g/mol. The Kier molecular flexibility index (Phi) is 8.04. The van der Waals surface area contributed by atoms with Gasteiger partial charge in [0.1, 0.15) is 17.1 Å². The van der Waals surface area contributed by atoms with Gasteiger partial charge in [-0.1, -0.05) is 0 Å². The summed E-state index contributed by atoms with van der Waals surface area (Å²) in [5.74, 6) is -2.37. The molecule has 0 aliphatic carbocycles. The molecule has 7 nitrogen and oxygen atoms in total. The van der Waals surface area contributed by atoms with Crippen molar-refractivity contribution >= 4 is 12.0 Å². The van der Waals surface area contributed by atoms with E-state index in [0.29, 0.717) is 6.07 Å². The number of carbonyl (C=O) groups excluding carboxylic acids is 2. The van der Waals surface area contributed by atoms with Crippen molar-refractivity contribution in [1.82, 2.24) is 15.6 Å². The van der Waals surface area contributed by atoms with Crippen LogP contribution in [0.1, 0.15) is 52.8 Å². The Labute approximate surface area is 205 Å². The smallest absolute Gasteiger partial charge is 0.424 e. The maximum absolute atomic E-state index is 15.6. The third kappa shape index (κ3) is 6.68. The third-order valence-electron chi connectivity index (χ3n) is 5.02. The van der Waals surface area contributed by atoms with E-state index in [1.54, 1.807) is 0 Å². The first-order valence-electron chi connectivity index (χ1n) is 10.8. The largest absolute Gasteiger partial charge is 0.444 e. The van der Waals surface area contributed by atoms with Gasteiger partial charge in [-0.3, -0.25) is 4.79 Å². The fraction of sp³-hybridized carbons (Fsp3) is 0.458. The van der Waals surface area contributed by atoms with E-state index in [1.807, 2.05) is 5.32 Å². The molecule has 1 atom stereocenters. The first-order valence-corrected chi connectivity index (χ1v) is 10.8. The number of nitrogens with zero attached hydrogens (tertiary/aromatic N) is 1. The number of aromatic nitrogens is 1. The summed E-state index contributed by atoms with van der Waals surface area (Å²) in [5, 5.41) is 15.1. The molecular formula is C24H28F5N3O4. The number of benzene rings is 1. The number of carbonyl (C=O) groups is 2. The molecule has 0 aliphatic heterocycles. The molecule has 1 heterocycles. The van der Waals surface area contributed by atoms with Crippen molar-refractivity contribution in [3.8, 4) is 11.3 Å². The highest BCUT2D eigenvalue weighted by atomic mass is 19.4. The number of amides is 2. The fourth-order valence-electron chi connectivity index (χ4n) is 3.35. The molecule has 2 rings (SSSR count). The summed E-state index contributed by atoms with van der Waals surface area (Å²) in [7, 11) is 0. The van der Waals surface area contributed by atoms with E-state index in [4.69, 9.17) is 4.74 Å². The molecule has 2 aromatic rings. The summed E-state index contributed by atoms with van der Waals surface area (Å²) in [6.45, 7) is 6.90. The van der Waals surface area contributed by atoms with Crippen LogP contribution in [-0.2, 0) is 20.7 Å². The molecule has 0 saturated heterocycles. The molecule has 0 aliphatic rings. The summed E-state index contributed by atoms with van der Waals surface area (Å²) >= 11 is 0. The number of ether oxygens (including phenoxy) is 1. The normalized spacial score (nSPS) is 14.1. The standard InChI is InChI=1S/C24H28F5N3O4/c1-13(33)32-22(5,6)16-11-17(31-19(18(16)26)14-7-9-15(25)10-8-14)23(35,24(27,28)29)12-30-20(34)36-21(2,3)4/h7-11,35H,12H2,1-6H3,(H,30,34)(H,32,33). The molecule has 3 N–H and O–H groups in total. The minimum atomic E-state index is -5.39. The van der Waals surface area contributed by atoms with Crippen molar-refractivity contribution in [3.05, 3.63) is 53.2 Å². The van der Waals surface area contributed by atoms with E-state index >= 15 is 4.39 Å². The first-order chi connectivity index (χ1) is 16.3.